The first-order valence-corrected chi connectivity index (χ1v) is 11.3. The highest BCUT2D eigenvalue weighted by Crippen LogP contribution is 2.31. The number of aryl methyl sites for hydroxylation is 1. The molecule has 2 aliphatic heterocycles. The molecule has 3 heterocycles. The molecule has 5 nitrogen and oxygen atoms in total. The fourth-order valence-corrected chi connectivity index (χ4v) is 4.68. The van der Waals surface area contributed by atoms with Gasteiger partial charge in [0.1, 0.15) is 18.0 Å². The Balaban J connectivity index is 1.24. The largest absolute Gasteiger partial charge is 0.487 e. The monoisotopic (exact) mass is 434 g/mol. The van der Waals surface area contributed by atoms with Crippen LogP contribution in [0.3, 0.4) is 0 Å². The summed E-state index contributed by atoms with van der Waals surface area (Å²) in [4.78, 5) is 18.6. The molecule has 5 rings (SSSR count). The molecule has 0 N–H and O–H groups in total. The van der Waals surface area contributed by atoms with Crippen LogP contribution in [0.4, 0.5) is 4.39 Å². The molecule has 2 aromatic carbocycles. The van der Waals surface area contributed by atoms with E-state index in [1.54, 1.807) is 4.90 Å². The minimum absolute atomic E-state index is 0.0602. The average molecular weight is 435 g/mol. The Labute approximate surface area is 187 Å². The van der Waals surface area contributed by atoms with E-state index in [1.165, 1.54) is 0 Å². The second-order valence-corrected chi connectivity index (χ2v) is 8.58. The Bertz CT molecular complexity index is 1110. The Kier molecular flexibility index (Phi) is 5.79. The minimum atomic E-state index is -1.22. The number of alkyl halides is 1. The average Bonchev–Trinajstić information content (AvgIpc) is 3.36. The second-order valence-electron chi connectivity index (χ2n) is 8.58. The molecule has 0 aliphatic carbocycles. The first-order chi connectivity index (χ1) is 15.6. The summed E-state index contributed by atoms with van der Waals surface area (Å²) in [6.45, 7) is 3.24. The molecule has 166 valence electrons. The van der Waals surface area contributed by atoms with Gasteiger partial charge in [-0.2, -0.15) is 0 Å². The molecule has 2 fully saturated rings. The van der Waals surface area contributed by atoms with E-state index in [1.807, 2.05) is 36.5 Å². The molecule has 1 amide bonds. The number of likely N-dealkylation sites (tertiary alicyclic amines) is 1. The summed E-state index contributed by atoms with van der Waals surface area (Å²) in [7, 11) is 0. The predicted molar refractivity (Wildman–Crippen MR) is 121 cm³/mol. The van der Waals surface area contributed by atoms with Crippen molar-refractivity contribution in [2.75, 3.05) is 19.7 Å². The molecule has 0 saturated carbocycles. The quantitative estimate of drug-likeness (QED) is 0.597. The number of ether oxygens (including phenoxy) is 2. The van der Waals surface area contributed by atoms with E-state index >= 15 is 0 Å². The van der Waals surface area contributed by atoms with Gasteiger partial charge in [-0.05, 0) is 54.7 Å². The molecule has 32 heavy (non-hydrogen) atoms. The van der Waals surface area contributed by atoms with Gasteiger partial charge in [-0.15, -0.1) is 0 Å². The standard InChI is InChI=1S/C26H27FN2O3/c1-17-21(11-8-19-4-2-13-28-25(17)19)18-6-9-20(10-7-18)32-23-12-14-29(16-22(23)27)26(30)24-5-3-15-31-24/h2,4,6-11,13,22-24H,3,5,12,14-16H2,1H3/t22-,23+,24-/m1/s1. The number of aromatic nitrogens is 1. The summed E-state index contributed by atoms with van der Waals surface area (Å²) in [5, 5.41) is 1.12. The third kappa shape index (κ3) is 4.07. The first kappa shape index (κ1) is 20.9. The first-order valence-electron chi connectivity index (χ1n) is 11.3. The molecule has 1 aromatic heterocycles. The van der Waals surface area contributed by atoms with Crippen molar-refractivity contribution in [3.05, 3.63) is 60.3 Å². The summed E-state index contributed by atoms with van der Waals surface area (Å²) in [5.74, 6) is 0.546. The number of piperidine rings is 1. The van der Waals surface area contributed by atoms with Gasteiger partial charge in [0.05, 0.1) is 12.1 Å². The topological polar surface area (TPSA) is 51.7 Å². The SMILES string of the molecule is Cc1c(-c2ccc(O[C@H]3CCN(C(=O)[C@H]4CCCO4)C[C@H]3F)cc2)ccc2cccnc12. The van der Waals surface area contributed by atoms with Crippen LogP contribution >= 0.6 is 0 Å². The molecule has 3 aromatic rings. The number of halogens is 1. The van der Waals surface area contributed by atoms with Crippen molar-refractivity contribution in [1.29, 1.82) is 0 Å². The van der Waals surface area contributed by atoms with Crippen LogP contribution in [0.5, 0.6) is 5.75 Å². The highest BCUT2D eigenvalue weighted by Gasteiger charge is 2.36. The van der Waals surface area contributed by atoms with E-state index in [9.17, 15) is 9.18 Å². The molecule has 0 bridgehead atoms. The number of hydrogen-bond donors (Lipinski definition) is 0. The van der Waals surface area contributed by atoms with Gasteiger partial charge in [-0.1, -0.05) is 30.3 Å². The Hall–Kier alpha value is -2.99. The molecule has 6 heteroatoms. The van der Waals surface area contributed by atoms with Crippen LogP contribution in [-0.4, -0.2) is 53.9 Å². The van der Waals surface area contributed by atoms with Crippen molar-refractivity contribution in [2.24, 2.45) is 0 Å². The van der Waals surface area contributed by atoms with Crippen molar-refractivity contribution in [1.82, 2.24) is 9.88 Å². The van der Waals surface area contributed by atoms with E-state index in [2.05, 4.69) is 30.1 Å². The lowest BCUT2D eigenvalue weighted by Crippen LogP contribution is -2.51. The third-order valence-corrected chi connectivity index (χ3v) is 6.48. The van der Waals surface area contributed by atoms with Gasteiger partial charge in [0, 0.05) is 31.2 Å². The lowest BCUT2D eigenvalue weighted by Gasteiger charge is -2.35. The van der Waals surface area contributed by atoms with Crippen molar-refractivity contribution in [3.8, 4) is 16.9 Å². The van der Waals surface area contributed by atoms with Gasteiger partial charge < -0.3 is 14.4 Å². The summed E-state index contributed by atoms with van der Waals surface area (Å²) in [6.07, 6.45) is 1.72. The van der Waals surface area contributed by atoms with Crippen LogP contribution in [-0.2, 0) is 9.53 Å². The smallest absolute Gasteiger partial charge is 0.251 e. The van der Waals surface area contributed by atoms with Crippen LogP contribution in [0.15, 0.2) is 54.7 Å². The third-order valence-electron chi connectivity index (χ3n) is 6.48. The number of fused-ring (bicyclic) bond motifs is 1. The summed E-state index contributed by atoms with van der Waals surface area (Å²) in [5.41, 5.74) is 4.31. The lowest BCUT2D eigenvalue weighted by atomic mass is 9.98. The van der Waals surface area contributed by atoms with E-state index in [0.717, 1.165) is 40.4 Å². The molecule has 2 aliphatic rings. The van der Waals surface area contributed by atoms with Gasteiger partial charge in [0.15, 0.2) is 6.17 Å². The Morgan fingerprint density at radius 2 is 2.00 bits per heavy atom. The van der Waals surface area contributed by atoms with Crippen LogP contribution in [0.2, 0.25) is 0 Å². The van der Waals surface area contributed by atoms with Crippen LogP contribution in [0.25, 0.3) is 22.0 Å². The van der Waals surface area contributed by atoms with Crippen molar-refractivity contribution < 1.29 is 18.7 Å². The summed E-state index contributed by atoms with van der Waals surface area (Å²) in [6, 6.07) is 15.9. The predicted octanol–water partition coefficient (Wildman–Crippen LogP) is 4.71. The Morgan fingerprint density at radius 1 is 1.16 bits per heavy atom. The number of hydrogen-bond acceptors (Lipinski definition) is 4. The van der Waals surface area contributed by atoms with E-state index in [-0.39, 0.29) is 12.5 Å². The van der Waals surface area contributed by atoms with Crippen LogP contribution in [0.1, 0.15) is 24.8 Å². The zero-order chi connectivity index (χ0) is 22.1. The summed E-state index contributed by atoms with van der Waals surface area (Å²) < 4.78 is 26.2. The maximum Gasteiger partial charge on any atom is 0.251 e. The number of nitrogens with zero attached hydrogens (tertiary/aromatic N) is 2. The molecular weight excluding hydrogens is 407 g/mol. The van der Waals surface area contributed by atoms with Gasteiger partial charge in [0.2, 0.25) is 0 Å². The zero-order valence-electron chi connectivity index (χ0n) is 18.2. The van der Waals surface area contributed by atoms with Crippen molar-refractivity contribution in [3.63, 3.8) is 0 Å². The lowest BCUT2D eigenvalue weighted by molar-refractivity contribution is -0.144. The van der Waals surface area contributed by atoms with E-state index in [4.69, 9.17) is 9.47 Å². The number of rotatable bonds is 4. The molecular formula is C26H27FN2O3. The van der Waals surface area contributed by atoms with E-state index in [0.29, 0.717) is 25.3 Å². The number of pyridine rings is 1. The molecule has 0 spiro atoms. The van der Waals surface area contributed by atoms with Crippen LogP contribution in [0, 0.1) is 6.92 Å². The number of benzene rings is 2. The second kappa shape index (κ2) is 8.87. The fourth-order valence-electron chi connectivity index (χ4n) is 4.68. The molecule has 3 atom stereocenters. The fraction of sp³-hybridized carbons (Fsp3) is 0.385. The highest BCUT2D eigenvalue weighted by molar-refractivity contribution is 5.88. The minimum Gasteiger partial charge on any atom is -0.487 e. The van der Waals surface area contributed by atoms with Gasteiger partial charge >= 0.3 is 0 Å². The maximum absolute atomic E-state index is 14.8. The zero-order valence-corrected chi connectivity index (χ0v) is 18.2. The molecule has 2 saturated heterocycles. The van der Waals surface area contributed by atoms with Crippen molar-refractivity contribution >= 4 is 16.8 Å². The number of carbonyl (C=O) groups excluding carboxylic acids is 1. The molecule has 0 unspecified atom stereocenters. The molecule has 0 radical (unpaired) electrons. The van der Waals surface area contributed by atoms with Crippen LogP contribution < -0.4 is 4.74 Å². The highest BCUT2D eigenvalue weighted by atomic mass is 19.1. The number of carbonyl (C=O) groups is 1. The van der Waals surface area contributed by atoms with Gasteiger partial charge in [0.25, 0.3) is 5.91 Å². The van der Waals surface area contributed by atoms with E-state index < -0.39 is 18.4 Å². The number of amides is 1. The maximum atomic E-state index is 14.8. The van der Waals surface area contributed by atoms with Gasteiger partial charge in [-0.3, -0.25) is 9.78 Å². The Morgan fingerprint density at radius 3 is 2.75 bits per heavy atom. The summed E-state index contributed by atoms with van der Waals surface area (Å²) >= 11 is 0. The van der Waals surface area contributed by atoms with Gasteiger partial charge in [-0.25, -0.2) is 4.39 Å². The van der Waals surface area contributed by atoms with Crippen molar-refractivity contribution in [2.45, 2.75) is 44.6 Å². The normalized spacial score (nSPS) is 23.4.